The Labute approximate surface area is 228 Å². The van der Waals surface area contributed by atoms with Crippen LogP contribution in [0.2, 0.25) is 0 Å². The molecule has 1 saturated heterocycles. The van der Waals surface area contributed by atoms with Gasteiger partial charge in [-0.3, -0.25) is 19.3 Å². The molecule has 3 amide bonds. The van der Waals surface area contributed by atoms with Crippen LogP contribution in [-0.2, 0) is 16.2 Å². The molecule has 10 heteroatoms. The van der Waals surface area contributed by atoms with E-state index >= 15 is 0 Å². The fourth-order valence-electron chi connectivity index (χ4n) is 3.40. The lowest BCUT2D eigenvalue weighted by molar-refractivity contribution is -0.127. The van der Waals surface area contributed by atoms with Crippen LogP contribution in [-0.4, -0.2) is 28.5 Å². The zero-order valence-electron chi connectivity index (χ0n) is 18.9. The molecule has 0 aromatic heterocycles. The topological polar surface area (TPSA) is 75.7 Å². The lowest BCUT2D eigenvalue weighted by atomic mass is 10.2. The number of imide groups is 1. The minimum atomic E-state index is -0.544. The minimum absolute atomic E-state index is 0.0344. The van der Waals surface area contributed by atoms with Gasteiger partial charge >= 0.3 is 0 Å². The molecule has 3 aromatic rings. The number of nitrogens with zero attached hydrogens (tertiary/aromatic N) is 1. The van der Waals surface area contributed by atoms with Crippen molar-refractivity contribution in [2.75, 3.05) is 11.9 Å². The number of rotatable bonds is 7. The number of carbonyl (C=O) groups is 3. The second-order valence-corrected chi connectivity index (χ2v) is 10.5. The Morgan fingerprint density at radius 2 is 1.75 bits per heavy atom. The van der Waals surface area contributed by atoms with Gasteiger partial charge in [0.05, 0.1) is 13.9 Å². The molecular formula is C26H19Br2FN2O4S. The monoisotopic (exact) mass is 632 g/mol. The van der Waals surface area contributed by atoms with Gasteiger partial charge in [0, 0.05) is 11.3 Å². The van der Waals surface area contributed by atoms with Crippen molar-refractivity contribution in [1.82, 2.24) is 4.90 Å². The Morgan fingerprint density at radius 1 is 1.08 bits per heavy atom. The van der Waals surface area contributed by atoms with Crippen molar-refractivity contribution in [3.8, 4) is 5.75 Å². The van der Waals surface area contributed by atoms with E-state index in [-0.39, 0.29) is 23.9 Å². The molecule has 0 bridgehead atoms. The van der Waals surface area contributed by atoms with Crippen LogP contribution in [0.4, 0.5) is 14.9 Å². The van der Waals surface area contributed by atoms with Crippen molar-refractivity contribution in [3.63, 3.8) is 0 Å². The van der Waals surface area contributed by atoms with E-state index in [0.29, 0.717) is 31.5 Å². The molecule has 0 radical (unpaired) electrons. The predicted octanol–water partition coefficient (Wildman–Crippen LogP) is 6.91. The van der Waals surface area contributed by atoms with Crippen LogP contribution in [0.15, 0.2) is 74.5 Å². The van der Waals surface area contributed by atoms with E-state index < -0.39 is 17.1 Å². The SMILES string of the molecule is Cc1ccccc1NC(=O)CN1C(=O)S/C(=C/c2cc(Br)c(OCc3ccccc3F)c(Br)c2)C1=O. The molecule has 3 aromatic carbocycles. The highest BCUT2D eigenvalue weighted by Crippen LogP contribution is 2.38. The molecule has 1 N–H and O–H groups in total. The highest BCUT2D eigenvalue weighted by molar-refractivity contribution is 9.11. The maximum atomic E-state index is 13.9. The first-order valence-electron chi connectivity index (χ1n) is 10.7. The number of anilines is 1. The molecule has 0 spiro atoms. The number of aryl methyl sites for hydroxylation is 1. The highest BCUT2D eigenvalue weighted by atomic mass is 79.9. The summed E-state index contributed by atoms with van der Waals surface area (Å²) in [7, 11) is 0. The van der Waals surface area contributed by atoms with Crippen LogP contribution in [0.5, 0.6) is 5.75 Å². The maximum absolute atomic E-state index is 13.9. The molecule has 36 heavy (non-hydrogen) atoms. The molecule has 1 aliphatic rings. The standard InChI is InChI=1S/C26H19Br2FN2O4S/c1-15-6-2-5-9-21(15)30-23(32)13-31-25(33)22(36-26(31)34)12-16-10-18(27)24(19(28)11-16)35-14-17-7-3-4-8-20(17)29/h2-12H,13-14H2,1H3,(H,30,32)/b22-12+. The molecule has 0 unspecified atom stereocenters. The van der Waals surface area contributed by atoms with Crippen LogP contribution in [0.3, 0.4) is 0 Å². The molecule has 4 rings (SSSR count). The molecule has 0 aliphatic carbocycles. The number of benzene rings is 3. The summed E-state index contributed by atoms with van der Waals surface area (Å²) in [6, 6.07) is 17.0. The molecule has 1 fully saturated rings. The number of amides is 3. The molecule has 184 valence electrons. The van der Waals surface area contributed by atoms with Crippen molar-refractivity contribution >= 4 is 72.4 Å². The van der Waals surface area contributed by atoms with Crippen molar-refractivity contribution < 1.29 is 23.5 Å². The summed E-state index contributed by atoms with van der Waals surface area (Å²) in [4.78, 5) is 38.9. The molecular weight excluding hydrogens is 615 g/mol. The van der Waals surface area contributed by atoms with Gasteiger partial charge in [0.15, 0.2) is 0 Å². The van der Waals surface area contributed by atoms with Gasteiger partial charge in [-0.15, -0.1) is 0 Å². The van der Waals surface area contributed by atoms with Gasteiger partial charge in [0.25, 0.3) is 11.1 Å². The highest BCUT2D eigenvalue weighted by Gasteiger charge is 2.36. The Morgan fingerprint density at radius 3 is 2.44 bits per heavy atom. The lowest BCUT2D eigenvalue weighted by Gasteiger charge is -2.13. The van der Waals surface area contributed by atoms with Crippen molar-refractivity contribution in [1.29, 1.82) is 0 Å². The van der Waals surface area contributed by atoms with E-state index in [9.17, 15) is 18.8 Å². The van der Waals surface area contributed by atoms with E-state index in [4.69, 9.17) is 4.74 Å². The number of thioether (sulfide) groups is 1. The second-order valence-electron chi connectivity index (χ2n) is 7.82. The van der Waals surface area contributed by atoms with Crippen molar-refractivity contribution in [2.24, 2.45) is 0 Å². The maximum Gasteiger partial charge on any atom is 0.294 e. The summed E-state index contributed by atoms with van der Waals surface area (Å²) < 4.78 is 20.8. The van der Waals surface area contributed by atoms with Crippen molar-refractivity contribution in [2.45, 2.75) is 13.5 Å². The largest absolute Gasteiger partial charge is 0.486 e. The third kappa shape index (κ3) is 6.05. The Balaban J connectivity index is 1.45. The van der Waals surface area contributed by atoms with E-state index in [2.05, 4.69) is 37.2 Å². The number of hydrogen-bond donors (Lipinski definition) is 1. The predicted molar refractivity (Wildman–Crippen MR) is 145 cm³/mol. The molecule has 1 heterocycles. The Hall–Kier alpha value is -2.95. The van der Waals surface area contributed by atoms with Crippen molar-refractivity contribution in [3.05, 3.63) is 97.0 Å². The van der Waals surface area contributed by atoms with E-state index in [1.165, 1.54) is 6.07 Å². The first-order valence-corrected chi connectivity index (χ1v) is 13.1. The molecule has 1 aliphatic heterocycles. The summed E-state index contributed by atoms with van der Waals surface area (Å²) in [6.45, 7) is 1.50. The number of ether oxygens (including phenoxy) is 1. The summed E-state index contributed by atoms with van der Waals surface area (Å²) >= 11 is 7.66. The summed E-state index contributed by atoms with van der Waals surface area (Å²) in [6.07, 6.45) is 1.57. The quantitative estimate of drug-likeness (QED) is 0.286. The van der Waals surface area contributed by atoms with Crippen LogP contribution in [0.1, 0.15) is 16.7 Å². The first-order chi connectivity index (χ1) is 17.2. The number of halogens is 3. The molecule has 0 atom stereocenters. The number of hydrogen-bond acceptors (Lipinski definition) is 5. The van der Waals surface area contributed by atoms with Crippen LogP contribution in [0, 0.1) is 12.7 Å². The van der Waals surface area contributed by atoms with Gasteiger partial charge in [0.2, 0.25) is 5.91 Å². The van der Waals surface area contributed by atoms with Gasteiger partial charge in [-0.05, 0) is 92.0 Å². The smallest absolute Gasteiger partial charge is 0.294 e. The van der Waals surface area contributed by atoms with Gasteiger partial charge < -0.3 is 10.1 Å². The zero-order valence-corrected chi connectivity index (χ0v) is 22.9. The van der Waals surface area contributed by atoms with Gasteiger partial charge in [-0.2, -0.15) is 0 Å². The molecule has 0 saturated carbocycles. The van der Waals surface area contributed by atoms with Crippen LogP contribution in [0.25, 0.3) is 6.08 Å². The van der Waals surface area contributed by atoms with Crippen LogP contribution >= 0.6 is 43.6 Å². The van der Waals surface area contributed by atoms with E-state index in [1.807, 2.05) is 19.1 Å². The average molecular weight is 634 g/mol. The first kappa shape index (κ1) is 26.1. The number of carbonyl (C=O) groups excluding carboxylic acids is 3. The minimum Gasteiger partial charge on any atom is -0.486 e. The number of nitrogens with one attached hydrogen (secondary N) is 1. The van der Waals surface area contributed by atoms with E-state index in [0.717, 1.165) is 22.2 Å². The van der Waals surface area contributed by atoms with Gasteiger partial charge in [0.1, 0.15) is 24.7 Å². The third-order valence-electron chi connectivity index (χ3n) is 5.24. The summed E-state index contributed by atoms with van der Waals surface area (Å²) in [5.41, 5.74) is 2.54. The van der Waals surface area contributed by atoms with E-state index in [1.54, 1.807) is 48.5 Å². The average Bonchev–Trinajstić information content (AvgIpc) is 3.08. The van der Waals surface area contributed by atoms with Gasteiger partial charge in [-0.1, -0.05) is 36.4 Å². The second kappa shape index (κ2) is 11.4. The normalized spacial score (nSPS) is 14.4. The fraction of sp³-hybridized carbons (Fsp3) is 0.115. The lowest BCUT2D eigenvalue weighted by Crippen LogP contribution is -2.36. The third-order valence-corrected chi connectivity index (χ3v) is 7.33. The Bertz CT molecular complexity index is 1370. The van der Waals surface area contributed by atoms with Gasteiger partial charge in [-0.25, -0.2) is 4.39 Å². The Kier molecular flexibility index (Phi) is 8.28. The number of para-hydroxylation sites is 1. The summed E-state index contributed by atoms with van der Waals surface area (Å²) in [5, 5.41) is 2.21. The van der Waals surface area contributed by atoms with Crippen LogP contribution < -0.4 is 10.1 Å². The summed E-state index contributed by atoms with van der Waals surface area (Å²) in [5.74, 6) is -0.896. The zero-order chi connectivity index (χ0) is 25.8. The fourth-order valence-corrected chi connectivity index (χ4v) is 5.69. The molecule has 6 nitrogen and oxygen atoms in total.